The van der Waals surface area contributed by atoms with Gasteiger partial charge in [-0.25, -0.2) is 9.18 Å². The molecule has 41 heavy (non-hydrogen) atoms. The summed E-state index contributed by atoms with van der Waals surface area (Å²) in [7, 11) is 0. The third-order valence-corrected chi connectivity index (χ3v) is 10.1. The number of thioether (sulfide) groups is 2. The Labute approximate surface area is 247 Å². The molecule has 2 aliphatic heterocycles. The SMILES string of the molecule is N[C@@H]1C(=O)N2C(C(=O)OC(c3ccccc3)c3ccccc3)=C(C=CSc3cc(=O)c4ccc(F)cc4s3)CS[C@H]12. The minimum Gasteiger partial charge on any atom is -0.448 e. The molecule has 0 bridgehead atoms. The van der Waals surface area contributed by atoms with Crippen molar-refractivity contribution in [1.82, 2.24) is 4.90 Å². The van der Waals surface area contributed by atoms with Gasteiger partial charge in [0.15, 0.2) is 11.5 Å². The second-order valence-electron chi connectivity index (χ2n) is 9.41. The molecule has 2 aliphatic rings. The molecule has 3 aromatic carbocycles. The van der Waals surface area contributed by atoms with Gasteiger partial charge >= 0.3 is 5.97 Å². The Morgan fingerprint density at radius 2 is 1.71 bits per heavy atom. The van der Waals surface area contributed by atoms with Gasteiger partial charge < -0.3 is 10.5 Å². The molecular weight excluding hydrogens is 580 g/mol. The summed E-state index contributed by atoms with van der Waals surface area (Å²) in [5.41, 5.74) is 8.25. The van der Waals surface area contributed by atoms with Crippen LogP contribution in [0.3, 0.4) is 0 Å². The largest absolute Gasteiger partial charge is 0.448 e. The van der Waals surface area contributed by atoms with Gasteiger partial charge in [-0.05, 0) is 46.4 Å². The van der Waals surface area contributed by atoms with Gasteiger partial charge in [-0.1, -0.05) is 72.4 Å². The number of β-lactam (4-membered cyclic amide) rings is 1. The number of esters is 1. The van der Waals surface area contributed by atoms with Gasteiger partial charge in [0, 0.05) is 21.9 Å². The quantitative estimate of drug-likeness (QED) is 0.162. The summed E-state index contributed by atoms with van der Waals surface area (Å²) in [5, 5.41) is 1.88. The van der Waals surface area contributed by atoms with Gasteiger partial charge in [0.2, 0.25) is 5.91 Å². The van der Waals surface area contributed by atoms with Crippen LogP contribution in [0, 0.1) is 5.82 Å². The Hall–Kier alpha value is -3.70. The van der Waals surface area contributed by atoms with Crippen molar-refractivity contribution < 1.29 is 18.7 Å². The maximum absolute atomic E-state index is 13.8. The maximum atomic E-state index is 13.8. The number of ether oxygens (including phenoxy) is 1. The highest BCUT2D eigenvalue weighted by atomic mass is 32.2. The molecule has 0 spiro atoms. The smallest absolute Gasteiger partial charge is 0.356 e. The van der Waals surface area contributed by atoms with Crippen molar-refractivity contribution in [2.75, 3.05) is 5.75 Å². The van der Waals surface area contributed by atoms with Crippen molar-refractivity contribution in [2.24, 2.45) is 5.73 Å². The van der Waals surface area contributed by atoms with E-state index in [1.54, 1.807) is 11.5 Å². The molecule has 3 heterocycles. The Morgan fingerprint density at radius 1 is 1.02 bits per heavy atom. The van der Waals surface area contributed by atoms with Gasteiger partial charge in [0.25, 0.3) is 0 Å². The first-order valence-electron chi connectivity index (χ1n) is 12.7. The molecule has 6 rings (SSSR count). The third-order valence-electron chi connectivity index (χ3n) is 6.78. The normalized spacial score (nSPS) is 18.6. The Balaban J connectivity index is 1.32. The van der Waals surface area contributed by atoms with Gasteiger partial charge in [0.05, 0.1) is 4.21 Å². The molecule has 1 saturated heterocycles. The minimum absolute atomic E-state index is 0.169. The summed E-state index contributed by atoms with van der Waals surface area (Å²) >= 11 is 4.07. The standard InChI is InChI=1S/C31H23FN2O4S3/c32-21-11-12-22-23(35)16-25(41-24(22)15-21)39-14-13-20-17-40-30-26(33)29(36)34(30)27(20)31(37)38-28(18-7-3-1-4-8-18)19-9-5-2-6-10-19/h1-16,26,28,30H,17,33H2/t26-,30-/m1/s1. The number of carbonyl (C=O) groups excluding carboxylic acids is 2. The van der Waals surface area contributed by atoms with Crippen molar-refractivity contribution in [2.45, 2.75) is 21.7 Å². The molecule has 10 heteroatoms. The second kappa shape index (κ2) is 11.7. The molecule has 0 saturated carbocycles. The monoisotopic (exact) mass is 602 g/mol. The van der Waals surface area contributed by atoms with Gasteiger partial charge in [-0.2, -0.15) is 0 Å². The predicted octanol–water partition coefficient (Wildman–Crippen LogP) is 5.84. The first-order chi connectivity index (χ1) is 19.9. The van der Waals surface area contributed by atoms with Crippen LogP contribution in [0.5, 0.6) is 0 Å². The molecule has 0 aliphatic carbocycles. The summed E-state index contributed by atoms with van der Waals surface area (Å²) < 4.78 is 21.1. The topological polar surface area (TPSA) is 89.7 Å². The lowest BCUT2D eigenvalue weighted by molar-refractivity contribution is -0.153. The van der Waals surface area contributed by atoms with E-state index in [-0.39, 0.29) is 22.4 Å². The van der Waals surface area contributed by atoms with Crippen LogP contribution >= 0.6 is 34.9 Å². The van der Waals surface area contributed by atoms with Gasteiger partial charge in [0.1, 0.15) is 22.9 Å². The third kappa shape index (κ3) is 5.48. The average Bonchev–Trinajstić information content (AvgIpc) is 2.99. The average molecular weight is 603 g/mol. The highest BCUT2D eigenvalue weighted by Crippen LogP contribution is 2.41. The zero-order valence-corrected chi connectivity index (χ0v) is 23.9. The summed E-state index contributed by atoms with van der Waals surface area (Å²) in [6.07, 6.45) is 1.08. The zero-order valence-electron chi connectivity index (χ0n) is 21.4. The summed E-state index contributed by atoms with van der Waals surface area (Å²) in [6.45, 7) is 0. The molecule has 2 atom stereocenters. The van der Waals surface area contributed by atoms with Crippen LogP contribution in [0.1, 0.15) is 17.2 Å². The number of hydrogen-bond donors (Lipinski definition) is 1. The van der Waals surface area contributed by atoms with Crippen LogP contribution in [-0.4, -0.2) is 33.9 Å². The van der Waals surface area contributed by atoms with E-state index in [0.29, 0.717) is 25.6 Å². The van der Waals surface area contributed by atoms with Crippen LogP contribution in [0.4, 0.5) is 4.39 Å². The molecule has 6 nitrogen and oxygen atoms in total. The predicted molar refractivity (Wildman–Crippen MR) is 162 cm³/mol. The number of benzene rings is 3. The molecule has 1 fully saturated rings. The lowest BCUT2D eigenvalue weighted by Gasteiger charge is -2.48. The maximum Gasteiger partial charge on any atom is 0.356 e. The minimum atomic E-state index is -0.683. The fourth-order valence-corrected chi connectivity index (χ4v) is 8.02. The van der Waals surface area contributed by atoms with E-state index in [1.807, 2.05) is 60.7 Å². The molecule has 4 aromatic rings. The number of nitrogens with two attached hydrogens (primary N) is 1. The van der Waals surface area contributed by atoms with Gasteiger partial charge in [-0.3, -0.25) is 14.5 Å². The molecule has 2 N–H and O–H groups in total. The Bertz CT molecular complexity index is 1720. The summed E-state index contributed by atoms with van der Waals surface area (Å²) in [6, 6.07) is 23.8. The van der Waals surface area contributed by atoms with Crippen LogP contribution in [0.2, 0.25) is 0 Å². The Morgan fingerprint density at radius 3 is 2.39 bits per heavy atom. The van der Waals surface area contributed by atoms with Crippen molar-refractivity contribution >= 4 is 56.8 Å². The number of carbonyl (C=O) groups is 2. The molecule has 0 radical (unpaired) electrons. The lowest BCUT2D eigenvalue weighted by atomic mass is 10.0. The van der Waals surface area contributed by atoms with Crippen LogP contribution in [0.25, 0.3) is 10.1 Å². The van der Waals surface area contributed by atoms with Crippen LogP contribution in [-0.2, 0) is 14.3 Å². The van der Waals surface area contributed by atoms with Gasteiger partial charge in [-0.15, -0.1) is 23.1 Å². The van der Waals surface area contributed by atoms with Crippen LogP contribution < -0.4 is 11.2 Å². The van der Waals surface area contributed by atoms with E-state index in [9.17, 15) is 18.8 Å². The number of halogens is 1. The van der Waals surface area contributed by atoms with E-state index in [0.717, 1.165) is 11.1 Å². The molecule has 1 amide bonds. The molecule has 0 unspecified atom stereocenters. The van der Waals surface area contributed by atoms with E-state index in [1.165, 1.54) is 64.0 Å². The number of hydrogen-bond acceptors (Lipinski definition) is 8. The van der Waals surface area contributed by atoms with Crippen LogP contribution in [0.15, 0.2) is 117 Å². The van der Waals surface area contributed by atoms with Crippen molar-refractivity contribution in [1.29, 1.82) is 0 Å². The first-order valence-corrected chi connectivity index (χ1v) is 15.5. The van der Waals surface area contributed by atoms with E-state index >= 15 is 0 Å². The number of rotatable bonds is 7. The highest BCUT2D eigenvalue weighted by Gasteiger charge is 2.52. The molecule has 206 valence electrons. The number of amides is 1. The number of fused-ring (bicyclic) bond motifs is 2. The zero-order chi connectivity index (χ0) is 28.5. The van der Waals surface area contributed by atoms with E-state index < -0.39 is 23.9 Å². The first kappa shape index (κ1) is 27.5. The second-order valence-corrected chi connectivity index (χ2v) is 12.8. The van der Waals surface area contributed by atoms with Crippen molar-refractivity contribution in [3.05, 3.63) is 135 Å². The van der Waals surface area contributed by atoms with E-state index in [2.05, 4.69) is 0 Å². The van der Waals surface area contributed by atoms with Crippen molar-refractivity contribution in [3.8, 4) is 0 Å². The number of allylic oxidation sites excluding steroid dienone is 1. The molecular formula is C31H23FN2O4S3. The summed E-state index contributed by atoms with van der Waals surface area (Å²) in [5.74, 6) is -0.915. The van der Waals surface area contributed by atoms with E-state index in [4.69, 9.17) is 10.5 Å². The summed E-state index contributed by atoms with van der Waals surface area (Å²) in [4.78, 5) is 40.6. The number of nitrogens with zero attached hydrogens (tertiary/aromatic N) is 1. The Kier molecular flexibility index (Phi) is 7.81. The highest BCUT2D eigenvalue weighted by molar-refractivity contribution is 8.04. The van der Waals surface area contributed by atoms with Crippen molar-refractivity contribution in [3.63, 3.8) is 0 Å². The lowest BCUT2D eigenvalue weighted by Crippen LogP contribution is -2.68. The fourth-order valence-electron chi connectivity index (χ4n) is 4.75. The fraction of sp³-hybridized carbons (Fsp3) is 0.129. The molecule has 1 aromatic heterocycles.